The molecule has 0 bridgehead atoms. The Hall–Kier alpha value is -2.06. The lowest BCUT2D eigenvalue weighted by molar-refractivity contribution is -0.336. The first-order valence-electron chi connectivity index (χ1n) is 9.58. The molecule has 3 unspecified atom stereocenters. The fourth-order valence-corrected chi connectivity index (χ4v) is 3.49. The van der Waals surface area contributed by atoms with E-state index >= 15 is 0 Å². The van der Waals surface area contributed by atoms with E-state index in [1.54, 1.807) is 0 Å². The molecule has 0 spiro atoms. The molecule has 0 aliphatic carbocycles. The van der Waals surface area contributed by atoms with E-state index in [1.165, 1.54) is 13.2 Å². The number of aliphatic hydroxyl groups is 2. The molecule has 3 rings (SSSR count). The molecule has 0 saturated carbocycles. The number of rotatable bonds is 9. The van der Waals surface area contributed by atoms with Crippen LogP contribution in [-0.4, -0.2) is 54.1 Å². The third-order valence-corrected chi connectivity index (χ3v) is 5.08. The van der Waals surface area contributed by atoms with Gasteiger partial charge < -0.3 is 29.2 Å². The number of aliphatic hydroxyl groups excluding tert-OH is 1. The summed E-state index contributed by atoms with van der Waals surface area (Å²) in [6.45, 7) is 3.98. The van der Waals surface area contributed by atoms with E-state index in [0.29, 0.717) is 0 Å². The van der Waals surface area contributed by atoms with Gasteiger partial charge in [0.1, 0.15) is 18.3 Å². The maximum atomic E-state index is 11.3. The Kier molecular flexibility index (Phi) is 7.55. The van der Waals surface area contributed by atoms with Crippen LogP contribution in [-0.2, 0) is 32.2 Å². The molecule has 6 heteroatoms. The minimum atomic E-state index is -1.66. The highest BCUT2D eigenvalue weighted by Gasteiger charge is 2.55. The molecule has 156 valence electrons. The van der Waals surface area contributed by atoms with Crippen LogP contribution in [0, 0.1) is 0 Å². The molecule has 5 atom stereocenters. The van der Waals surface area contributed by atoms with Crippen molar-refractivity contribution in [2.75, 3.05) is 13.7 Å². The van der Waals surface area contributed by atoms with Gasteiger partial charge in [0.25, 0.3) is 0 Å². The van der Waals surface area contributed by atoms with Crippen LogP contribution >= 0.6 is 0 Å². The summed E-state index contributed by atoms with van der Waals surface area (Å²) in [6, 6.07) is 19.3. The molecule has 1 aliphatic heterocycles. The average Bonchev–Trinajstić information content (AvgIpc) is 2.78. The van der Waals surface area contributed by atoms with Crippen LogP contribution in [0.25, 0.3) is 0 Å². The van der Waals surface area contributed by atoms with Gasteiger partial charge in [-0.1, -0.05) is 73.3 Å². The van der Waals surface area contributed by atoms with Crippen LogP contribution in [0.5, 0.6) is 0 Å². The van der Waals surface area contributed by atoms with Crippen LogP contribution in [0.4, 0.5) is 0 Å². The second kappa shape index (κ2) is 10.1. The predicted molar refractivity (Wildman–Crippen MR) is 108 cm³/mol. The summed E-state index contributed by atoms with van der Waals surface area (Å²) < 4.78 is 23.3. The second-order valence-electron chi connectivity index (χ2n) is 6.99. The van der Waals surface area contributed by atoms with Crippen LogP contribution in [0.1, 0.15) is 11.1 Å². The van der Waals surface area contributed by atoms with E-state index in [0.717, 1.165) is 11.1 Å². The van der Waals surface area contributed by atoms with Gasteiger partial charge in [0.05, 0.1) is 19.8 Å². The second-order valence-corrected chi connectivity index (χ2v) is 6.99. The van der Waals surface area contributed by atoms with Crippen molar-refractivity contribution in [2.24, 2.45) is 0 Å². The van der Waals surface area contributed by atoms with E-state index in [2.05, 4.69) is 6.58 Å². The first kappa shape index (κ1) is 21.6. The van der Waals surface area contributed by atoms with Gasteiger partial charge in [0.15, 0.2) is 11.9 Å². The maximum absolute atomic E-state index is 11.3. The summed E-state index contributed by atoms with van der Waals surface area (Å²) >= 11 is 0. The van der Waals surface area contributed by atoms with Crippen LogP contribution < -0.4 is 0 Å². The lowest BCUT2D eigenvalue weighted by atomic mass is 9.86. The molecule has 1 heterocycles. The van der Waals surface area contributed by atoms with E-state index in [9.17, 15) is 10.2 Å². The molecule has 2 aromatic rings. The van der Waals surface area contributed by atoms with Gasteiger partial charge in [-0.25, -0.2) is 0 Å². The summed E-state index contributed by atoms with van der Waals surface area (Å²) in [7, 11) is 1.42. The van der Waals surface area contributed by atoms with Crippen molar-refractivity contribution >= 4 is 0 Å². The van der Waals surface area contributed by atoms with E-state index in [1.807, 2.05) is 60.7 Å². The Morgan fingerprint density at radius 3 is 2.03 bits per heavy atom. The van der Waals surface area contributed by atoms with Crippen molar-refractivity contribution in [2.45, 2.75) is 43.4 Å². The zero-order chi connectivity index (χ0) is 20.7. The van der Waals surface area contributed by atoms with Crippen molar-refractivity contribution in [1.82, 2.24) is 0 Å². The summed E-state index contributed by atoms with van der Waals surface area (Å²) in [5.74, 6) is 0. The van der Waals surface area contributed by atoms with E-state index in [4.69, 9.17) is 18.9 Å². The third kappa shape index (κ3) is 4.93. The van der Waals surface area contributed by atoms with Crippen molar-refractivity contribution in [3.63, 3.8) is 0 Å². The lowest BCUT2D eigenvalue weighted by Gasteiger charge is -2.49. The van der Waals surface area contributed by atoms with Gasteiger partial charge in [0.2, 0.25) is 0 Å². The molecule has 0 radical (unpaired) electrons. The normalized spacial score (nSPS) is 29.5. The van der Waals surface area contributed by atoms with Crippen LogP contribution in [0.3, 0.4) is 0 Å². The standard InChI is InChI=1S/C23H28O6/c1-3-23(25)21(28-16-18-12-8-5-9-13-18)20(19(14-24)29-22(23)26-2)27-15-17-10-6-4-7-11-17/h3-13,19-22,24-25H,1,14-16H2,2H3/t19?,20-,21?,22+,23?/m1/s1. The Morgan fingerprint density at radius 2 is 1.55 bits per heavy atom. The Labute approximate surface area is 171 Å². The quantitative estimate of drug-likeness (QED) is 0.630. The number of hydrogen-bond acceptors (Lipinski definition) is 6. The molecule has 0 amide bonds. The van der Waals surface area contributed by atoms with Gasteiger partial charge in [-0.3, -0.25) is 0 Å². The van der Waals surface area contributed by atoms with E-state index < -0.39 is 30.2 Å². The number of methoxy groups -OCH3 is 1. The minimum absolute atomic E-state index is 0.251. The van der Waals surface area contributed by atoms with Gasteiger partial charge in [-0.05, 0) is 11.1 Å². The van der Waals surface area contributed by atoms with Gasteiger partial charge in [-0.2, -0.15) is 0 Å². The predicted octanol–water partition coefficient (Wildman–Crippen LogP) is 2.44. The average molecular weight is 400 g/mol. The van der Waals surface area contributed by atoms with Gasteiger partial charge in [0, 0.05) is 7.11 Å². The monoisotopic (exact) mass is 400 g/mol. The van der Waals surface area contributed by atoms with Crippen LogP contribution in [0.2, 0.25) is 0 Å². The SMILES string of the molecule is C=CC1(O)C(OCc2ccccc2)[C@H](OCc2ccccc2)C(CO)O[C@@H]1OC. The molecule has 1 aliphatic rings. The topological polar surface area (TPSA) is 77.4 Å². The molecule has 1 fully saturated rings. The first-order chi connectivity index (χ1) is 14.1. The lowest BCUT2D eigenvalue weighted by Crippen LogP contribution is -2.67. The molecule has 0 aromatic heterocycles. The van der Waals surface area contributed by atoms with E-state index in [-0.39, 0.29) is 19.8 Å². The number of hydrogen-bond donors (Lipinski definition) is 2. The maximum Gasteiger partial charge on any atom is 0.192 e. The summed E-state index contributed by atoms with van der Waals surface area (Å²) in [6.07, 6.45) is -2.03. The largest absolute Gasteiger partial charge is 0.394 e. The number of benzene rings is 2. The van der Waals surface area contributed by atoms with Crippen LogP contribution in [0.15, 0.2) is 73.3 Å². The number of ether oxygens (including phenoxy) is 4. The summed E-state index contributed by atoms with van der Waals surface area (Å²) in [5.41, 5.74) is 0.250. The zero-order valence-electron chi connectivity index (χ0n) is 16.5. The molecule has 1 saturated heterocycles. The Balaban J connectivity index is 1.85. The van der Waals surface area contributed by atoms with Gasteiger partial charge in [-0.15, -0.1) is 0 Å². The molecule has 2 aromatic carbocycles. The molecule has 29 heavy (non-hydrogen) atoms. The molecule has 2 N–H and O–H groups in total. The first-order valence-corrected chi connectivity index (χ1v) is 9.58. The highest BCUT2D eigenvalue weighted by atomic mass is 16.7. The van der Waals surface area contributed by atoms with Crippen molar-refractivity contribution in [1.29, 1.82) is 0 Å². The Bertz CT molecular complexity index is 752. The third-order valence-electron chi connectivity index (χ3n) is 5.08. The highest BCUT2D eigenvalue weighted by molar-refractivity contribution is 5.16. The van der Waals surface area contributed by atoms with Gasteiger partial charge >= 0.3 is 0 Å². The zero-order valence-corrected chi connectivity index (χ0v) is 16.5. The van der Waals surface area contributed by atoms with Crippen molar-refractivity contribution in [3.8, 4) is 0 Å². The van der Waals surface area contributed by atoms with Crippen molar-refractivity contribution in [3.05, 3.63) is 84.4 Å². The van der Waals surface area contributed by atoms with Crippen molar-refractivity contribution < 1.29 is 29.2 Å². The fourth-order valence-electron chi connectivity index (χ4n) is 3.49. The summed E-state index contributed by atoms with van der Waals surface area (Å²) in [4.78, 5) is 0. The summed E-state index contributed by atoms with van der Waals surface area (Å²) in [5, 5.41) is 21.2. The molecular weight excluding hydrogens is 372 g/mol. The fraction of sp³-hybridized carbons (Fsp3) is 0.391. The highest BCUT2D eigenvalue weighted by Crippen LogP contribution is 2.36. The Morgan fingerprint density at radius 1 is 1.00 bits per heavy atom. The molecule has 6 nitrogen and oxygen atoms in total. The molecular formula is C23H28O6. The smallest absolute Gasteiger partial charge is 0.192 e. The minimum Gasteiger partial charge on any atom is -0.394 e.